The molecule has 0 unspecified atom stereocenters. The largest absolute Gasteiger partial charge is 0.484 e. The Hall–Kier alpha value is -2.82. The molecule has 0 atom stereocenters. The zero-order chi connectivity index (χ0) is 18.4. The molecule has 25 heavy (non-hydrogen) atoms. The Balaban J connectivity index is 1.89. The third kappa shape index (κ3) is 5.95. The molecule has 0 saturated carbocycles. The number of carbonyl (C=O) groups is 2. The van der Waals surface area contributed by atoms with Crippen LogP contribution in [-0.4, -0.2) is 18.4 Å². The van der Waals surface area contributed by atoms with Crippen LogP contribution in [0.25, 0.3) is 0 Å². The fourth-order valence-electron chi connectivity index (χ4n) is 2.28. The first-order valence-corrected chi connectivity index (χ1v) is 8.15. The molecule has 2 aromatic carbocycles. The lowest BCUT2D eigenvalue weighted by Gasteiger charge is -2.19. The van der Waals surface area contributed by atoms with Crippen LogP contribution in [0.4, 0.5) is 11.4 Å². The number of hydrogen-bond acceptors (Lipinski definition) is 3. The second kappa shape index (κ2) is 7.83. The van der Waals surface area contributed by atoms with E-state index in [2.05, 4.69) is 31.4 Å². The van der Waals surface area contributed by atoms with E-state index in [1.807, 2.05) is 24.3 Å². The number of carbonyl (C=O) groups excluding carboxylic acids is 2. The van der Waals surface area contributed by atoms with Gasteiger partial charge in [-0.15, -0.1) is 0 Å². The summed E-state index contributed by atoms with van der Waals surface area (Å²) in [7, 11) is 0. The Kier molecular flexibility index (Phi) is 5.80. The number of amides is 2. The molecular weight excluding hydrogens is 316 g/mol. The van der Waals surface area contributed by atoms with Crippen molar-refractivity contribution in [2.45, 2.75) is 33.1 Å². The molecule has 2 N–H and O–H groups in total. The molecule has 0 spiro atoms. The van der Waals surface area contributed by atoms with E-state index in [-0.39, 0.29) is 23.8 Å². The molecule has 2 rings (SSSR count). The van der Waals surface area contributed by atoms with E-state index in [0.29, 0.717) is 17.1 Å². The Bertz CT molecular complexity index is 746. The van der Waals surface area contributed by atoms with Crippen LogP contribution in [0.3, 0.4) is 0 Å². The molecule has 2 aromatic rings. The van der Waals surface area contributed by atoms with Gasteiger partial charge >= 0.3 is 0 Å². The van der Waals surface area contributed by atoms with E-state index in [1.54, 1.807) is 24.3 Å². The van der Waals surface area contributed by atoms with Gasteiger partial charge in [0.1, 0.15) is 5.75 Å². The minimum Gasteiger partial charge on any atom is -0.484 e. The highest BCUT2D eigenvalue weighted by molar-refractivity contribution is 5.94. The highest BCUT2D eigenvalue weighted by Crippen LogP contribution is 2.24. The second-order valence-corrected chi connectivity index (χ2v) is 6.87. The van der Waals surface area contributed by atoms with Gasteiger partial charge in [0.15, 0.2) is 6.61 Å². The van der Waals surface area contributed by atoms with Crippen LogP contribution in [0.15, 0.2) is 48.5 Å². The van der Waals surface area contributed by atoms with Crippen LogP contribution in [0.1, 0.15) is 33.3 Å². The smallest absolute Gasteiger partial charge is 0.262 e. The van der Waals surface area contributed by atoms with Crippen LogP contribution < -0.4 is 15.4 Å². The van der Waals surface area contributed by atoms with Crippen LogP contribution in [0.2, 0.25) is 0 Å². The topological polar surface area (TPSA) is 67.4 Å². The molecule has 132 valence electrons. The van der Waals surface area contributed by atoms with Gasteiger partial charge in [-0.2, -0.15) is 0 Å². The molecule has 0 fully saturated rings. The molecule has 0 heterocycles. The average molecular weight is 340 g/mol. The molecule has 0 aliphatic heterocycles. The van der Waals surface area contributed by atoms with E-state index in [9.17, 15) is 9.59 Å². The van der Waals surface area contributed by atoms with Crippen molar-refractivity contribution in [1.82, 2.24) is 0 Å². The van der Waals surface area contributed by atoms with Crippen molar-refractivity contribution in [1.29, 1.82) is 0 Å². The first-order chi connectivity index (χ1) is 11.7. The predicted molar refractivity (Wildman–Crippen MR) is 100 cm³/mol. The van der Waals surface area contributed by atoms with Crippen molar-refractivity contribution in [2.24, 2.45) is 0 Å². The first-order valence-electron chi connectivity index (χ1n) is 8.15. The van der Waals surface area contributed by atoms with Crippen LogP contribution >= 0.6 is 0 Å². The van der Waals surface area contributed by atoms with Crippen molar-refractivity contribution < 1.29 is 14.3 Å². The second-order valence-electron chi connectivity index (χ2n) is 6.87. The fraction of sp³-hybridized carbons (Fsp3) is 0.300. The van der Waals surface area contributed by atoms with E-state index < -0.39 is 0 Å². The summed E-state index contributed by atoms with van der Waals surface area (Å²) in [6.07, 6.45) is 0. The molecule has 0 saturated heterocycles. The van der Waals surface area contributed by atoms with Crippen molar-refractivity contribution in [2.75, 3.05) is 17.2 Å². The third-order valence-corrected chi connectivity index (χ3v) is 3.56. The Labute approximate surface area is 148 Å². The molecule has 0 aromatic heterocycles. The summed E-state index contributed by atoms with van der Waals surface area (Å²) >= 11 is 0. The average Bonchev–Trinajstić information content (AvgIpc) is 2.52. The summed E-state index contributed by atoms with van der Waals surface area (Å²) in [5.74, 6) is 0.223. The summed E-state index contributed by atoms with van der Waals surface area (Å²) in [5, 5.41) is 5.42. The molecule has 0 aliphatic rings. The molecular formula is C20H24N2O3. The van der Waals surface area contributed by atoms with Crippen LogP contribution in [0, 0.1) is 0 Å². The number of benzene rings is 2. The van der Waals surface area contributed by atoms with Gasteiger partial charge in [0.2, 0.25) is 5.91 Å². The number of rotatable bonds is 5. The Morgan fingerprint density at radius 3 is 2.12 bits per heavy atom. The lowest BCUT2D eigenvalue weighted by Crippen LogP contribution is -2.20. The standard InChI is InChI=1S/C20H24N2O3/c1-14(23)21-16-6-5-7-17(12-16)22-19(24)13-25-18-10-8-15(9-11-18)20(2,3)4/h5-12H,13H2,1-4H3,(H,21,23)(H,22,24). The maximum absolute atomic E-state index is 12.0. The monoisotopic (exact) mass is 340 g/mol. The zero-order valence-corrected chi connectivity index (χ0v) is 15.1. The molecule has 5 heteroatoms. The van der Waals surface area contributed by atoms with Gasteiger partial charge in [-0.1, -0.05) is 39.0 Å². The highest BCUT2D eigenvalue weighted by Gasteiger charge is 2.13. The van der Waals surface area contributed by atoms with E-state index in [0.717, 1.165) is 0 Å². The summed E-state index contributed by atoms with van der Waals surface area (Å²) in [4.78, 5) is 23.1. The fourth-order valence-corrected chi connectivity index (χ4v) is 2.28. The van der Waals surface area contributed by atoms with Gasteiger partial charge in [0, 0.05) is 18.3 Å². The molecule has 0 bridgehead atoms. The number of anilines is 2. The predicted octanol–water partition coefficient (Wildman–Crippen LogP) is 3.96. The van der Waals surface area contributed by atoms with E-state index in [4.69, 9.17) is 4.74 Å². The molecule has 2 amide bonds. The van der Waals surface area contributed by atoms with E-state index in [1.165, 1.54) is 12.5 Å². The summed E-state index contributed by atoms with van der Waals surface area (Å²) in [5.41, 5.74) is 2.51. The Morgan fingerprint density at radius 2 is 1.56 bits per heavy atom. The minimum atomic E-state index is -0.264. The Morgan fingerprint density at radius 1 is 0.960 bits per heavy atom. The minimum absolute atomic E-state index is 0.0782. The number of ether oxygens (including phenoxy) is 1. The molecule has 5 nitrogen and oxygen atoms in total. The molecule has 0 radical (unpaired) electrons. The van der Waals surface area contributed by atoms with Gasteiger partial charge in [0.05, 0.1) is 0 Å². The van der Waals surface area contributed by atoms with Gasteiger partial charge in [-0.25, -0.2) is 0 Å². The maximum atomic E-state index is 12.0. The SMILES string of the molecule is CC(=O)Nc1cccc(NC(=O)COc2ccc(C(C)(C)C)cc2)c1. The van der Waals surface area contributed by atoms with Crippen molar-refractivity contribution in [3.05, 3.63) is 54.1 Å². The lowest BCUT2D eigenvalue weighted by atomic mass is 9.87. The van der Waals surface area contributed by atoms with Gasteiger partial charge in [0.25, 0.3) is 5.91 Å². The third-order valence-electron chi connectivity index (χ3n) is 3.56. The number of hydrogen-bond donors (Lipinski definition) is 2. The van der Waals surface area contributed by atoms with Crippen LogP contribution in [-0.2, 0) is 15.0 Å². The summed E-state index contributed by atoms with van der Waals surface area (Å²) < 4.78 is 5.52. The highest BCUT2D eigenvalue weighted by atomic mass is 16.5. The lowest BCUT2D eigenvalue weighted by molar-refractivity contribution is -0.118. The quantitative estimate of drug-likeness (QED) is 0.866. The van der Waals surface area contributed by atoms with Gasteiger partial charge in [-0.05, 0) is 41.3 Å². The summed E-state index contributed by atoms with van der Waals surface area (Å²) in [6, 6.07) is 14.7. The zero-order valence-electron chi connectivity index (χ0n) is 15.1. The first kappa shape index (κ1) is 18.5. The summed E-state index contributed by atoms with van der Waals surface area (Å²) in [6.45, 7) is 7.78. The van der Waals surface area contributed by atoms with E-state index >= 15 is 0 Å². The number of nitrogens with one attached hydrogen (secondary N) is 2. The van der Waals surface area contributed by atoms with Crippen LogP contribution in [0.5, 0.6) is 5.75 Å². The van der Waals surface area contributed by atoms with Gasteiger partial charge < -0.3 is 15.4 Å². The maximum Gasteiger partial charge on any atom is 0.262 e. The van der Waals surface area contributed by atoms with Crippen molar-refractivity contribution >= 4 is 23.2 Å². The van der Waals surface area contributed by atoms with Gasteiger partial charge in [-0.3, -0.25) is 9.59 Å². The normalized spacial score (nSPS) is 10.9. The van der Waals surface area contributed by atoms with Crippen molar-refractivity contribution in [3.8, 4) is 5.75 Å². The molecule has 0 aliphatic carbocycles. The van der Waals surface area contributed by atoms with Crippen molar-refractivity contribution in [3.63, 3.8) is 0 Å².